The van der Waals surface area contributed by atoms with Crippen molar-refractivity contribution in [1.29, 1.82) is 0 Å². The van der Waals surface area contributed by atoms with Gasteiger partial charge in [0.2, 0.25) is 0 Å². The lowest BCUT2D eigenvalue weighted by molar-refractivity contribution is 0.226. The molecule has 0 spiro atoms. The van der Waals surface area contributed by atoms with Crippen molar-refractivity contribution in [2.24, 2.45) is 0 Å². The molecule has 5 heteroatoms. The van der Waals surface area contributed by atoms with E-state index in [1.807, 2.05) is 24.3 Å². The zero-order valence-electron chi connectivity index (χ0n) is 10.8. The van der Waals surface area contributed by atoms with E-state index in [0.717, 1.165) is 41.9 Å². The van der Waals surface area contributed by atoms with E-state index in [1.165, 1.54) is 0 Å². The minimum atomic E-state index is 0. The third-order valence-corrected chi connectivity index (χ3v) is 3.22. The Morgan fingerprint density at radius 2 is 2.21 bits per heavy atom. The molecule has 1 fully saturated rings. The molecule has 0 radical (unpaired) electrons. The summed E-state index contributed by atoms with van der Waals surface area (Å²) in [5.41, 5.74) is 0.930. The van der Waals surface area contributed by atoms with Crippen molar-refractivity contribution < 1.29 is 9.47 Å². The van der Waals surface area contributed by atoms with Gasteiger partial charge in [-0.25, -0.2) is 0 Å². The SMILES string of the molecule is COc1ccc2nccc(OC3CCNC3)c2c1.Cl. The quantitative estimate of drug-likeness (QED) is 0.938. The summed E-state index contributed by atoms with van der Waals surface area (Å²) in [5, 5.41) is 4.30. The second-order valence-electron chi connectivity index (χ2n) is 4.42. The van der Waals surface area contributed by atoms with Crippen LogP contribution in [0.15, 0.2) is 30.5 Å². The smallest absolute Gasteiger partial charge is 0.130 e. The standard InChI is InChI=1S/C14H16N2O2.ClH/c1-17-10-2-3-13-12(8-10)14(5-7-16-13)18-11-4-6-15-9-11;/h2-3,5,7-8,11,15H,4,6,9H2,1H3;1H. The van der Waals surface area contributed by atoms with Gasteiger partial charge in [-0.2, -0.15) is 0 Å². The monoisotopic (exact) mass is 280 g/mol. The lowest BCUT2D eigenvalue weighted by Crippen LogP contribution is -2.19. The van der Waals surface area contributed by atoms with Crippen LogP contribution in [0.5, 0.6) is 11.5 Å². The van der Waals surface area contributed by atoms with Gasteiger partial charge >= 0.3 is 0 Å². The molecule has 2 aromatic rings. The molecule has 19 heavy (non-hydrogen) atoms. The fourth-order valence-electron chi connectivity index (χ4n) is 2.24. The van der Waals surface area contributed by atoms with Crippen LogP contribution < -0.4 is 14.8 Å². The molecule has 1 aliphatic heterocycles. The Morgan fingerprint density at radius 1 is 1.32 bits per heavy atom. The number of pyridine rings is 1. The van der Waals surface area contributed by atoms with Crippen LogP contribution in [0, 0.1) is 0 Å². The van der Waals surface area contributed by atoms with Crippen molar-refractivity contribution in [3.8, 4) is 11.5 Å². The Balaban J connectivity index is 0.00000133. The fraction of sp³-hybridized carbons (Fsp3) is 0.357. The van der Waals surface area contributed by atoms with Gasteiger partial charge in [-0.05, 0) is 37.2 Å². The van der Waals surface area contributed by atoms with Crippen LogP contribution in [0.3, 0.4) is 0 Å². The van der Waals surface area contributed by atoms with E-state index in [2.05, 4.69) is 10.3 Å². The number of nitrogens with one attached hydrogen (secondary N) is 1. The average Bonchev–Trinajstić information content (AvgIpc) is 2.91. The van der Waals surface area contributed by atoms with Crippen LogP contribution >= 0.6 is 12.4 Å². The lowest BCUT2D eigenvalue weighted by Gasteiger charge is -2.14. The minimum Gasteiger partial charge on any atom is -0.497 e. The third kappa shape index (κ3) is 2.91. The zero-order valence-corrected chi connectivity index (χ0v) is 11.6. The molecular weight excluding hydrogens is 264 g/mol. The van der Waals surface area contributed by atoms with E-state index in [9.17, 15) is 0 Å². The number of fused-ring (bicyclic) bond motifs is 1. The van der Waals surface area contributed by atoms with E-state index in [-0.39, 0.29) is 18.5 Å². The van der Waals surface area contributed by atoms with Gasteiger partial charge in [-0.15, -0.1) is 12.4 Å². The Morgan fingerprint density at radius 3 is 2.95 bits per heavy atom. The number of ether oxygens (including phenoxy) is 2. The number of hydrogen-bond donors (Lipinski definition) is 1. The number of rotatable bonds is 3. The topological polar surface area (TPSA) is 43.4 Å². The van der Waals surface area contributed by atoms with Gasteiger partial charge < -0.3 is 14.8 Å². The molecule has 0 saturated carbocycles. The molecule has 4 nitrogen and oxygen atoms in total. The van der Waals surface area contributed by atoms with Crippen molar-refractivity contribution in [1.82, 2.24) is 10.3 Å². The second-order valence-corrected chi connectivity index (χ2v) is 4.42. The molecule has 0 aliphatic carbocycles. The normalized spacial score (nSPS) is 18.1. The Kier molecular flexibility index (Phi) is 4.45. The maximum absolute atomic E-state index is 6.03. The number of methoxy groups -OCH3 is 1. The van der Waals surface area contributed by atoms with Crippen LogP contribution in [-0.2, 0) is 0 Å². The number of hydrogen-bond acceptors (Lipinski definition) is 4. The van der Waals surface area contributed by atoms with E-state index >= 15 is 0 Å². The molecule has 102 valence electrons. The summed E-state index contributed by atoms with van der Waals surface area (Å²) in [4.78, 5) is 4.34. The maximum Gasteiger partial charge on any atom is 0.130 e. The second kappa shape index (κ2) is 6.08. The van der Waals surface area contributed by atoms with E-state index in [4.69, 9.17) is 9.47 Å². The van der Waals surface area contributed by atoms with Gasteiger partial charge in [0.1, 0.15) is 17.6 Å². The highest BCUT2D eigenvalue weighted by Gasteiger charge is 2.17. The minimum absolute atomic E-state index is 0. The summed E-state index contributed by atoms with van der Waals surface area (Å²) >= 11 is 0. The number of halogens is 1. The molecule has 1 atom stereocenters. The Bertz CT molecular complexity index is 556. The maximum atomic E-state index is 6.03. The molecule has 1 N–H and O–H groups in total. The Hall–Kier alpha value is -1.52. The van der Waals surface area contributed by atoms with E-state index < -0.39 is 0 Å². The van der Waals surface area contributed by atoms with Gasteiger partial charge in [-0.1, -0.05) is 0 Å². The summed E-state index contributed by atoms with van der Waals surface area (Å²) in [6.45, 7) is 1.94. The molecule has 1 saturated heterocycles. The van der Waals surface area contributed by atoms with Crippen LogP contribution in [0.2, 0.25) is 0 Å². The fourth-order valence-corrected chi connectivity index (χ4v) is 2.24. The predicted octanol–water partition coefficient (Wildman–Crippen LogP) is 2.41. The zero-order chi connectivity index (χ0) is 12.4. The molecule has 1 unspecified atom stereocenters. The van der Waals surface area contributed by atoms with Crippen molar-refractivity contribution >= 4 is 23.3 Å². The van der Waals surface area contributed by atoms with Gasteiger partial charge in [-0.3, -0.25) is 4.98 Å². The number of aromatic nitrogens is 1. The highest BCUT2D eigenvalue weighted by Crippen LogP contribution is 2.28. The lowest BCUT2D eigenvalue weighted by atomic mass is 10.2. The van der Waals surface area contributed by atoms with Crippen molar-refractivity contribution in [2.75, 3.05) is 20.2 Å². The van der Waals surface area contributed by atoms with Crippen LogP contribution in [0.25, 0.3) is 10.9 Å². The van der Waals surface area contributed by atoms with Gasteiger partial charge in [0.05, 0.1) is 12.6 Å². The first-order chi connectivity index (χ1) is 8.86. The average molecular weight is 281 g/mol. The van der Waals surface area contributed by atoms with Crippen molar-refractivity contribution in [3.63, 3.8) is 0 Å². The summed E-state index contributed by atoms with van der Waals surface area (Å²) in [6.07, 6.45) is 3.09. The molecule has 0 amide bonds. The van der Waals surface area contributed by atoms with Gasteiger partial charge in [0.15, 0.2) is 0 Å². The molecule has 2 heterocycles. The first-order valence-electron chi connectivity index (χ1n) is 6.17. The van der Waals surface area contributed by atoms with Gasteiger partial charge in [0, 0.05) is 18.1 Å². The molecular formula is C14H17ClN2O2. The summed E-state index contributed by atoms with van der Waals surface area (Å²) in [7, 11) is 1.67. The van der Waals surface area contributed by atoms with Crippen LogP contribution in [-0.4, -0.2) is 31.3 Å². The summed E-state index contributed by atoms with van der Waals surface area (Å²) in [6, 6.07) is 7.75. The number of nitrogens with zero attached hydrogens (tertiary/aromatic N) is 1. The highest BCUT2D eigenvalue weighted by atomic mass is 35.5. The molecule has 1 aromatic heterocycles. The van der Waals surface area contributed by atoms with Crippen LogP contribution in [0.4, 0.5) is 0 Å². The number of benzene rings is 1. The summed E-state index contributed by atoms with van der Waals surface area (Å²) in [5.74, 6) is 1.71. The Labute approximate surface area is 118 Å². The van der Waals surface area contributed by atoms with Crippen molar-refractivity contribution in [2.45, 2.75) is 12.5 Å². The molecule has 1 aromatic carbocycles. The van der Waals surface area contributed by atoms with Crippen LogP contribution in [0.1, 0.15) is 6.42 Å². The first-order valence-corrected chi connectivity index (χ1v) is 6.17. The predicted molar refractivity (Wildman–Crippen MR) is 77.4 cm³/mol. The molecule has 0 bridgehead atoms. The molecule has 3 rings (SSSR count). The van der Waals surface area contributed by atoms with Gasteiger partial charge in [0.25, 0.3) is 0 Å². The molecule has 1 aliphatic rings. The van der Waals surface area contributed by atoms with E-state index in [1.54, 1.807) is 13.3 Å². The summed E-state index contributed by atoms with van der Waals surface area (Å²) < 4.78 is 11.3. The van der Waals surface area contributed by atoms with Crippen molar-refractivity contribution in [3.05, 3.63) is 30.5 Å². The first kappa shape index (κ1) is 13.9. The highest BCUT2D eigenvalue weighted by molar-refractivity contribution is 5.86. The third-order valence-electron chi connectivity index (χ3n) is 3.22. The largest absolute Gasteiger partial charge is 0.497 e. The van der Waals surface area contributed by atoms with E-state index in [0.29, 0.717) is 0 Å².